The lowest BCUT2D eigenvalue weighted by Crippen LogP contribution is -2.47. The number of hydrogen-bond acceptors (Lipinski definition) is 3. The van der Waals surface area contributed by atoms with Gasteiger partial charge in [-0.3, -0.25) is 9.59 Å². The molecule has 172 valence electrons. The van der Waals surface area contributed by atoms with Crippen molar-refractivity contribution in [1.82, 2.24) is 9.80 Å². The van der Waals surface area contributed by atoms with Crippen molar-refractivity contribution in [3.05, 3.63) is 93.2 Å². The zero-order chi connectivity index (χ0) is 23.5. The van der Waals surface area contributed by atoms with Crippen LogP contribution in [0.3, 0.4) is 0 Å². The topological polar surface area (TPSA) is 40.6 Å². The van der Waals surface area contributed by atoms with Crippen LogP contribution >= 0.6 is 11.3 Å². The first-order valence-corrected chi connectivity index (χ1v) is 11.9. The van der Waals surface area contributed by atoms with Gasteiger partial charge < -0.3 is 9.80 Å². The van der Waals surface area contributed by atoms with Gasteiger partial charge in [0, 0.05) is 23.5 Å². The molecule has 2 heterocycles. The SMILES string of the molecule is CC(C)CN(CC(=O)N1CCc2sccc2C1c1ccc(F)cc1)C(=O)c1cccc(F)c1. The molecular formula is C26H26F2N2O2S. The van der Waals surface area contributed by atoms with Crippen molar-refractivity contribution in [2.24, 2.45) is 5.92 Å². The third kappa shape index (κ3) is 5.14. The number of rotatable bonds is 6. The molecule has 1 unspecified atom stereocenters. The van der Waals surface area contributed by atoms with Crippen molar-refractivity contribution in [2.45, 2.75) is 26.3 Å². The number of nitrogens with zero attached hydrogens (tertiary/aromatic N) is 2. The maximum Gasteiger partial charge on any atom is 0.254 e. The van der Waals surface area contributed by atoms with E-state index in [0.717, 1.165) is 17.5 Å². The molecule has 2 amide bonds. The summed E-state index contributed by atoms with van der Waals surface area (Å²) in [6.07, 6.45) is 0.735. The Hall–Kier alpha value is -3.06. The highest BCUT2D eigenvalue weighted by atomic mass is 32.1. The van der Waals surface area contributed by atoms with Crippen molar-refractivity contribution in [3.8, 4) is 0 Å². The summed E-state index contributed by atoms with van der Waals surface area (Å²) < 4.78 is 27.3. The van der Waals surface area contributed by atoms with Crippen LogP contribution < -0.4 is 0 Å². The number of thiophene rings is 1. The molecular weight excluding hydrogens is 442 g/mol. The second-order valence-corrected chi connectivity index (χ2v) is 9.68. The highest BCUT2D eigenvalue weighted by Crippen LogP contribution is 2.38. The van der Waals surface area contributed by atoms with Crippen molar-refractivity contribution in [1.29, 1.82) is 0 Å². The number of carbonyl (C=O) groups is 2. The summed E-state index contributed by atoms with van der Waals surface area (Å²) in [6.45, 7) is 4.72. The van der Waals surface area contributed by atoms with Crippen LogP contribution in [0.2, 0.25) is 0 Å². The lowest BCUT2D eigenvalue weighted by atomic mass is 9.93. The molecule has 1 aliphatic heterocycles. The van der Waals surface area contributed by atoms with Crippen molar-refractivity contribution in [2.75, 3.05) is 19.6 Å². The van der Waals surface area contributed by atoms with E-state index >= 15 is 0 Å². The summed E-state index contributed by atoms with van der Waals surface area (Å²) in [7, 11) is 0. The minimum absolute atomic E-state index is 0.106. The van der Waals surface area contributed by atoms with Gasteiger partial charge in [0.25, 0.3) is 5.91 Å². The standard InChI is InChI=1S/C26H26F2N2O2S/c1-17(2)15-29(26(32)19-4-3-5-21(28)14-19)16-24(31)30-12-10-23-22(11-13-33-23)25(30)18-6-8-20(27)9-7-18/h3-9,11,13-14,17,25H,10,12,15-16H2,1-2H3. The Labute approximate surface area is 196 Å². The lowest BCUT2D eigenvalue weighted by Gasteiger charge is -2.38. The Morgan fingerprint density at radius 2 is 1.85 bits per heavy atom. The van der Waals surface area contributed by atoms with Gasteiger partial charge in [-0.25, -0.2) is 8.78 Å². The number of hydrogen-bond donors (Lipinski definition) is 0. The highest BCUT2D eigenvalue weighted by molar-refractivity contribution is 7.10. The quantitative estimate of drug-likeness (QED) is 0.493. The van der Waals surface area contributed by atoms with Gasteiger partial charge in [0.2, 0.25) is 5.91 Å². The maximum atomic E-state index is 13.7. The van der Waals surface area contributed by atoms with Gasteiger partial charge in [-0.15, -0.1) is 11.3 Å². The molecule has 0 fully saturated rings. The molecule has 0 spiro atoms. The summed E-state index contributed by atoms with van der Waals surface area (Å²) in [5.74, 6) is -1.25. The fourth-order valence-corrected chi connectivity index (χ4v) is 5.21. The third-order valence-corrected chi connectivity index (χ3v) is 6.74. The van der Waals surface area contributed by atoms with Crippen molar-refractivity contribution in [3.63, 3.8) is 0 Å². The fourth-order valence-electron chi connectivity index (χ4n) is 4.31. The van der Waals surface area contributed by atoms with Crippen LogP contribution in [0, 0.1) is 17.6 Å². The minimum atomic E-state index is -0.492. The Morgan fingerprint density at radius 1 is 1.09 bits per heavy atom. The van der Waals surface area contributed by atoms with Crippen LogP contribution in [-0.2, 0) is 11.2 Å². The average Bonchev–Trinajstić information content (AvgIpc) is 3.27. The Balaban J connectivity index is 1.62. The molecule has 0 aliphatic carbocycles. The molecule has 1 aromatic heterocycles. The van der Waals surface area contributed by atoms with Crippen LogP contribution in [0.5, 0.6) is 0 Å². The highest BCUT2D eigenvalue weighted by Gasteiger charge is 2.34. The normalized spacial score (nSPS) is 15.4. The molecule has 1 aliphatic rings. The minimum Gasteiger partial charge on any atom is -0.330 e. The zero-order valence-electron chi connectivity index (χ0n) is 18.6. The van der Waals surface area contributed by atoms with Crippen LogP contribution in [0.15, 0.2) is 60.0 Å². The molecule has 3 aromatic rings. The first-order valence-electron chi connectivity index (χ1n) is 11.0. The summed E-state index contributed by atoms with van der Waals surface area (Å²) in [4.78, 5) is 31.2. The van der Waals surface area contributed by atoms with E-state index in [-0.39, 0.29) is 41.7 Å². The van der Waals surface area contributed by atoms with E-state index in [9.17, 15) is 18.4 Å². The van der Waals surface area contributed by atoms with Gasteiger partial charge in [0.05, 0.1) is 6.04 Å². The molecule has 2 aromatic carbocycles. The number of benzene rings is 2. The van der Waals surface area contributed by atoms with Gasteiger partial charge in [-0.05, 0) is 65.2 Å². The van der Waals surface area contributed by atoms with Crippen LogP contribution in [-0.4, -0.2) is 41.2 Å². The Bertz CT molecular complexity index is 1140. The van der Waals surface area contributed by atoms with Gasteiger partial charge in [0.1, 0.15) is 18.2 Å². The molecule has 0 saturated carbocycles. The van der Waals surface area contributed by atoms with Crippen LogP contribution in [0.4, 0.5) is 8.78 Å². The maximum absolute atomic E-state index is 13.7. The molecule has 4 rings (SSSR count). The van der Waals surface area contributed by atoms with E-state index in [4.69, 9.17) is 0 Å². The molecule has 1 atom stereocenters. The van der Waals surface area contributed by atoms with Gasteiger partial charge >= 0.3 is 0 Å². The third-order valence-electron chi connectivity index (χ3n) is 5.74. The predicted octanol–water partition coefficient (Wildman–Crippen LogP) is 5.30. The zero-order valence-corrected chi connectivity index (χ0v) is 19.4. The average molecular weight is 469 g/mol. The first kappa shape index (κ1) is 23.1. The number of halogens is 2. The summed E-state index contributed by atoms with van der Waals surface area (Å²) >= 11 is 1.65. The second-order valence-electron chi connectivity index (χ2n) is 8.68. The molecule has 0 bridgehead atoms. The number of fused-ring (bicyclic) bond motifs is 1. The number of amides is 2. The summed E-state index contributed by atoms with van der Waals surface area (Å²) in [6, 6.07) is 13.4. The molecule has 4 nitrogen and oxygen atoms in total. The molecule has 0 saturated heterocycles. The van der Waals surface area contributed by atoms with E-state index in [1.165, 1.54) is 40.1 Å². The smallest absolute Gasteiger partial charge is 0.254 e. The van der Waals surface area contributed by atoms with Gasteiger partial charge in [-0.2, -0.15) is 0 Å². The molecule has 33 heavy (non-hydrogen) atoms. The van der Waals surface area contributed by atoms with E-state index < -0.39 is 5.82 Å². The van der Waals surface area contributed by atoms with E-state index in [0.29, 0.717) is 13.1 Å². The number of carbonyl (C=O) groups excluding carboxylic acids is 2. The van der Waals surface area contributed by atoms with E-state index in [2.05, 4.69) is 0 Å². The lowest BCUT2D eigenvalue weighted by molar-refractivity contribution is -0.134. The Morgan fingerprint density at radius 3 is 2.55 bits per heavy atom. The monoisotopic (exact) mass is 468 g/mol. The molecule has 0 N–H and O–H groups in total. The fraction of sp³-hybridized carbons (Fsp3) is 0.308. The van der Waals surface area contributed by atoms with Crippen molar-refractivity contribution < 1.29 is 18.4 Å². The first-order chi connectivity index (χ1) is 15.8. The Kier molecular flexibility index (Phi) is 6.88. The molecule has 0 radical (unpaired) electrons. The summed E-state index contributed by atoms with van der Waals surface area (Å²) in [5, 5.41) is 2.01. The van der Waals surface area contributed by atoms with E-state index in [1.807, 2.05) is 25.3 Å². The van der Waals surface area contributed by atoms with Crippen molar-refractivity contribution >= 4 is 23.2 Å². The van der Waals surface area contributed by atoms with Gasteiger partial charge in [-0.1, -0.05) is 32.0 Å². The van der Waals surface area contributed by atoms with E-state index in [1.54, 1.807) is 34.4 Å². The predicted molar refractivity (Wildman–Crippen MR) is 125 cm³/mol. The molecule has 7 heteroatoms. The largest absolute Gasteiger partial charge is 0.330 e. The van der Waals surface area contributed by atoms with Crippen LogP contribution in [0.25, 0.3) is 0 Å². The van der Waals surface area contributed by atoms with Gasteiger partial charge in [0.15, 0.2) is 0 Å². The summed E-state index contributed by atoms with van der Waals surface area (Å²) in [5.41, 5.74) is 2.09. The second kappa shape index (κ2) is 9.83. The van der Waals surface area contributed by atoms with Crippen LogP contribution in [0.1, 0.15) is 46.3 Å².